The van der Waals surface area contributed by atoms with Crippen molar-refractivity contribution in [2.75, 3.05) is 0 Å². The Bertz CT molecular complexity index is 551. The van der Waals surface area contributed by atoms with Crippen molar-refractivity contribution in [2.45, 2.75) is 19.9 Å². The first-order valence-corrected chi connectivity index (χ1v) is 6.78. The molecule has 1 atom stereocenters. The predicted octanol–water partition coefficient (Wildman–Crippen LogP) is 4.04. The Balaban J connectivity index is 2.50. The number of thiazole rings is 1. The average Bonchev–Trinajstić information content (AvgIpc) is 2.60. The van der Waals surface area contributed by atoms with E-state index in [4.69, 9.17) is 5.73 Å². The Morgan fingerprint density at radius 1 is 1.47 bits per heavy atom. The monoisotopic (exact) mass is 314 g/mol. The van der Waals surface area contributed by atoms with Gasteiger partial charge in [0.1, 0.15) is 10.8 Å². The van der Waals surface area contributed by atoms with Crippen LogP contribution in [0.5, 0.6) is 0 Å². The average molecular weight is 315 g/mol. The molecule has 0 saturated heterocycles. The molecular weight excluding hydrogens is 303 g/mol. The second kappa shape index (κ2) is 4.84. The molecule has 0 bridgehead atoms. The highest BCUT2D eigenvalue weighted by Gasteiger charge is 2.15. The second-order valence-electron chi connectivity index (χ2n) is 3.88. The lowest BCUT2D eigenvalue weighted by Gasteiger charge is -2.00. The molecule has 1 aromatic heterocycles. The summed E-state index contributed by atoms with van der Waals surface area (Å²) >= 11 is 4.68. The van der Waals surface area contributed by atoms with Crippen LogP contribution in [-0.4, -0.2) is 4.98 Å². The summed E-state index contributed by atoms with van der Waals surface area (Å²) in [5.41, 5.74) is 7.24. The lowest BCUT2D eigenvalue weighted by atomic mass is 10.2. The zero-order valence-corrected chi connectivity index (χ0v) is 11.9. The van der Waals surface area contributed by atoms with E-state index in [1.807, 2.05) is 13.8 Å². The van der Waals surface area contributed by atoms with Crippen molar-refractivity contribution in [1.82, 2.24) is 4.98 Å². The molecule has 1 heterocycles. The number of halogens is 2. The molecule has 2 N–H and O–H groups in total. The molecule has 2 nitrogen and oxygen atoms in total. The van der Waals surface area contributed by atoms with E-state index in [1.165, 1.54) is 17.4 Å². The number of rotatable bonds is 2. The SMILES string of the molecule is Cc1nc(-c2ccc(Br)cc2F)sc1C(C)N. The first-order chi connectivity index (χ1) is 7.99. The smallest absolute Gasteiger partial charge is 0.134 e. The first-order valence-electron chi connectivity index (χ1n) is 5.17. The van der Waals surface area contributed by atoms with Gasteiger partial charge in [0.25, 0.3) is 0 Å². The summed E-state index contributed by atoms with van der Waals surface area (Å²) in [6, 6.07) is 4.90. The minimum atomic E-state index is -0.274. The second-order valence-corrected chi connectivity index (χ2v) is 5.83. The lowest BCUT2D eigenvalue weighted by molar-refractivity contribution is 0.630. The summed E-state index contributed by atoms with van der Waals surface area (Å²) in [6.45, 7) is 3.80. The third kappa shape index (κ3) is 2.56. The quantitative estimate of drug-likeness (QED) is 0.908. The van der Waals surface area contributed by atoms with Crippen molar-refractivity contribution in [3.63, 3.8) is 0 Å². The molecule has 5 heteroatoms. The van der Waals surface area contributed by atoms with E-state index in [2.05, 4.69) is 20.9 Å². The van der Waals surface area contributed by atoms with Gasteiger partial charge in [-0.05, 0) is 32.0 Å². The fourth-order valence-electron chi connectivity index (χ4n) is 1.61. The molecule has 2 rings (SSSR count). The predicted molar refractivity (Wildman–Crippen MR) is 72.5 cm³/mol. The van der Waals surface area contributed by atoms with E-state index in [0.29, 0.717) is 10.6 Å². The fourth-order valence-corrected chi connectivity index (χ4v) is 2.99. The van der Waals surface area contributed by atoms with Crippen LogP contribution in [0.1, 0.15) is 23.5 Å². The van der Waals surface area contributed by atoms with E-state index >= 15 is 0 Å². The third-order valence-electron chi connectivity index (χ3n) is 2.41. The largest absolute Gasteiger partial charge is 0.323 e. The van der Waals surface area contributed by atoms with Crippen LogP contribution in [0.25, 0.3) is 10.6 Å². The molecule has 90 valence electrons. The Labute approximate surface area is 112 Å². The highest BCUT2D eigenvalue weighted by atomic mass is 79.9. The summed E-state index contributed by atoms with van der Waals surface area (Å²) in [4.78, 5) is 5.38. The summed E-state index contributed by atoms with van der Waals surface area (Å²) < 4.78 is 14.5. The zero-order chi connectivity index (χ0) is 12.6. The summed E-state index contributed by atoms with van der Waals surface area (Å²) in [7, 11) is 0. The molecule has 0 aliphatic rings. The molecule has 17 heavy (non-hydrogen) atoms. The molecule has 1 aromatic carbocycles. The number of nitrogens with two attached hydrogens (primary N) is 1. The number of aromatic nitrogens is 1. The summed E-state index contributed by atoms with van der Waals surface area (Å²) in [6.07, 6.45) is 0. The number of hydrogen-bond donors (Lipinski definition) is 1. The summed E-state index contributed by atoms with van der Waals surface area (Å²) in [5, 5.41) is 0.680. The Morgan fingerprint density at radius 3 is 2.71 bits per heavy atom. The van der Waals surface area contributed by atoms with Crippen LogP contribution in [0.2, 0.25) is 0 Å². The van der Waals surface area contributed by atoms with Gasteiger partial charge < -0.3 is 5.73 Å². The van der Waals surface area contributed by atoms with Gasteiger partial charge in [0.2, 0.25) is 0 Å². The fraction of sp³-hybridized carbons (Fsp3) is 0.250. The van der Waals surface area contributed by atoms with E-state index in [9.17, 15) is 4.39 Å². The van der Waals surface area contributed by atoms with Gasteiger partial charge in [-0.15, -0.1) is 11.3 Å². The Kier molecular flexibility index (Phi) is 3.61. The van der Waals surface area contributed by atoms with Gasteiger partial charge in [-0.2, -0.15) is 0 Å². The van der Waals surface area contributed by atoms with Crippen LogP contribution >= 0.6 is 27.3 Å². The molecule has 0 spiro atoms. The van der Waals surface area contributed by atoms with Gasteiger partial charge >= 0.3 is 0 Å². The van der Waals surface area contributed by atoms with Crippen molar-refractivity contribution in [2.24, 2.45) is 5.73 Å². The molecular formula is C12H12BrFN2S. The number of benzene rings is 1. The van der Waals surface area contributed by atoms with Crippen molar-refractivity contribution in [1.29, 1.82) is 0 Å². The normalized spacial score (nSPS) is 12.8. The maximum atomic E-state index is 13.8. The zero-order valence-electron chi connectivity index (χ0n) is 9.50. The van der Waals surface area contributed by atoms with Crippen molar-refractivity contribution in [3.8, 4) is 10.6 Å². The van der Waals surface area contributed by atoms with E-state index in [-0.39, 0.29) is 11.9 Å². The van der Waals surface area contributed by atoms with Gasteiger partial charge in [-0.3, -0.25) is 0 Å². The van der Waals surface area contributed by atoms with Gasteiger partial charge in [-0.25, -0.2) is 9.37 Å². The molecule has 2 aromatic rings. The van der Waals surface area contributed by atoms with Gasteiger partial charge in [-0.1, -0.05) is 15.9 Å². The van der Waals surface area contributed by atoms with E-state index in [0.717, 1.165) is 15.0 Å². The molecule has 0 radical (unpaired) electrons. The van der Waals surface area contributed by atoms with Gasteiger partial charge in [0.05, 0.1) is 5.69 Å². The van der Waals surface area contributed by atoms with Crippen LogP contribution in [0, 0.1) is 12.7 Å². The standard InChI is InChI=1S/C12H12BrFN2S/c1-6(15)11-7(2)16-12(17-11)9-4-3-8(13)5-10(9)14/h3-6H,15H2,1-2H3. The number of nitrogens with zero attached hydrogens (tertiary/aromatic N) is 1. The van der Waals surface area contributed by atoms with Gasteiger partial charge in [0, 0.05) is 21.0 Å². The van der Waals surface area contributed by atoms with Gasteiger partial charge in [0.15, 0.2) is 0 Å². The van der Waals surface area contributed by atoms with Crippen LogP contribution in [-0.2, 0) is 0 Å². The highest BCUT2D eigenvalue weighted by Crippen LogP contribution is 2.33. The molecule has 0 saturated carbocycles. The van der Waals surface area contributed by atoms with E-state index < -0.39 is 0 Å². The maximum absolute atomic E-state index is 13.8. The molecule has 0 aliphatic heterocycles. The lowest BCUT2D eigenvalue weighted by Crippen LogP contribution is -2.03. The minimum Gasteiger partial charge on any atom is -0.323 e. The highest BCUT2D eigenvalue weighted by molar-refractivity contribution is 9.10. The van der Waals surface area contributed by atoms with Crippen molar-refractivity contribution < 1.29 is 4.39 Å². The minimum absolute atomic E-state index is 0.0697. The Morgan fingerprint density at radius 2 is 2.18 bits per heavy atom. The van der Waals surface area contributed by atoms with Crippen LogP contribution in [0.4, 0.5) is 4.39 Å². The number of hydrogen-bond acceptors (Lipinski definition) is 3. The van der Waals surface area contributed by atoms with Crippen molar-refractivity contribution >= 4 is 27.3 Å². The third-order valence-corrected chi connectivity index (χ3v) is 4.29. The number of aryl methyl sites for hydroxylation is 1. The van der Waals surface area contributed by atoms with E-state index in [1.54, 1.807) is 12.1 Å². The molecule has 0 amide bonds. The molecule has 0 aliphatic carbocycles. The van der Waals surface area contributed by atoms with Crippen LogP contribution < -0.4 is 5.73 Å². The molecule has 0 fully saturated rings. The molecule has 1 unspecified atom stereocenters. The maximum Gasteiger partial charge on any atom is 0.134 e. The van der Waals surface area contributed by atoms with Crippen LogP contribution in [0.15, 0.2) is 22.7 Å². The summed E-state index contributed by atoms with van der Waals surface area (Å²) in [5.74, 6) is -0.274. The van der Waals surface area contributed by atoms with Crippen LogP contribution in [0.3, 0.4) is 0 Å². The van der Waals surface area contributed by atoms with Crippen molar-refractivity contribution in [3.05, 3.63) is 39.1 Å². The topological polar surface area (TPSA) is 38.9 Å². The Hall–Kier alpha value is -0.780. The first kappa shape index (κ1) is 12.7.